The highest BCUT2D eigenvalue weighted by Gasteiger charge is 2.30. The second-order valence-electron chi connectivity index (χ2n) is 31.1. The van der Waals surface area contributed by atoms with Crippen molar-refractivity contribution in [2.24, 2.45) is 23.7 Å². The Bertz CT molecular complexity index is 1950. The molecule has 19 heteroatoms. The molecule has 3 unspecified atom stereocenters. The molecule has 0 aliphatic heterocycles. The average molecular weight is 1470 g/mol. The van der Waals surface area contributed by atoms with E-state index in [1.807, 2.05) is 0 Å². The zero-order chi connectivity index (χ0) is 73.8. The fraction of sp³-hybridized carbons (Fsp3) is 0.951. The van der Waals surface area contributed by atoms with Gasteiger partial charge in [0.1, 0.15) is 19.3 Å². The molecule has 0 aromatic rings. The van der Waals surface area contributed by atoms with E-state index in [4.69, 9.17) is 37.0 Å². The van der Waals surface area contributed by atoms with E-state index < -0.39 is 97.5 Å². The van der Waals surface area contributed by atoms with Crippen LogP contribution in [0.2, 0.25) is 0 Å². The van der Waals surface area contributed by atoms with Crippen molar-refractivity contribution in [3.8, 4) is 0 Å². The van der Waals surface area contributed by atoms with E-state index in [9.17, 15) is 43.2 Å². The Hall–Kier alpha value is -1.94. The molecule has 100 heavy (non-hydrogen) atoms. The van der Waals surface area contributed by atoms with Crippen molar-refractivity contribution in [1.82, 2.24) is 0 Å². The molecular formula is C81H158O17P2. The van der Waals surface area contributed by atoms with Gasteiger partial charge < -0.3 is 33.8 Å². The zero-order valence-corrected chi connectivity index (χ0v) is 67.6. The van der Waals surface area contributed by atoms with Crippen LogP contribution in [0.5, 0.6) is 0 Å². The molecule has 0 aromatic carbocycles. The molecule has 5 atom stereocenters. The fourth-order valence-electron chi connectivity index (χ4n) is 12.4. The standard InChI is InChI=1S/C81H158O17P2/c1-71(2)57-49-41-33-26-20-15-13-11-9-10-12-14-16-23-30-38-47-55-63-80(85)98-77(68-92-79(84)62-54-46-40-32-36-44-52-60-74(7)8)70-96-100(89,90)94-66-75(82)65-93-99(87,88)95-69-76(67-91-78(83)61-53-45-37-29-25-19-22-28-35-43-51-59-73(5)6)97-81(86)64-56-48-39-31-24-18-17-21-27-34-42-50-58-72(3)4/h71-77,82H,9-70H2,1-8H3,(H,87,88)(H,89,90)/t75?,76-,77-/m1/s1. The SMILES string of the molecule is CC(C)CCCCCCCCCCCCCCCCCCCCC(=O)O[C@H](COC(=O)CCCCCCCCCC(C)C)COP(=O)(O)OCC(O)COP(=O)(O)OC[C@@H](COC(=O)CCCCCCCCCCCCCC(C)C)OC(=O)CCCCCCCCCCCCCCC(C)C. The van der Waals surface area contributed by atoms with Gasteiger partial charge in [-0.1, -0.05) is 364 Å². The molecule has 0 heterocycles. The largest absolute Gasteiger partial charge is 0.472 e. The molecule has 0 rings (SSSR count). The highest BCUT2D eigenvalue weighted by atomic mass is 31.2. The molecule has 0 amide bonds. The molecular weight excluding hydrogens is 1310 g/mol. The lowest BCUT2D eigenvalue weighted by Crippen LogP contribution is -2.30. The van der Waals surface area contributed by atoms with E-state index in [1.54, 1.807) is 0 Å². The van der Waals surface area contributed by atoms with Crippen molar-refractivity contribution in [2.45, 2.75) is 433 Å². The molecule has 0 fully saturated rings. The van der Waals surface area contributed by atoms with Gasteiger partial charge in [-0.05, 0) is 49.4 Å². The Morgan fingerprint density at radius 1 is 0.250 bits per heavy atom. The summed E-state index contributed by atoms with van der Waals surface area (Å²) in [5, 5.41) is 10.6. The first-order chi connectivity index (χ1) is 48.1. The van der Waals surface area contributed by atoms with Crippen LogP contribution in [-0.4, -0.2) is 96.7 Å². The van der Waals surface area contributed by atoms with Gasteiger partial charge in [0.15, 0.2) is 12.2 Å². The number of rotatable bonds is 78. The molecule has 594 valence electrons. The van der Waals surface area contributed by atoms with Gasteiger partial charge >= 0.3 is 39.5 Å². The molecule has 0 spiro atoms. The monoisotopic (exact) mass is 1470 g/mol. The normalized spacial score (nSPS) is 14.0. The lowest BCUT2D eigenvalue weighted by Gasteiger charge is -2.21. The van der Waals surface area contributed by atoms with Crippen LogP contribution in [0.3, 0.4) is 0 Å². The molecule has 0 saturated carbocycles. The Balaban J connectivity index is 5.21. The lowest BCUT2D eigenvalue weighted by molar-refractivity contribution is -0.161. The quantitative estimate of drug-likeness (QED) is 0.0222. The zero-order valence-electron chi connectivity index (χ0n) is 65.8. The molecule has 3 N–H and O–H groups in total. The van der Waals surface area contributed by atoms with E-state index in [2.05, 4.69) is 55.4 Å². The van der Waals surface area contributed by atoms with E-state index in [0.29, 0.717) is 31.6 Å². The van der Waals surface area contributed by atoms with Crippen molar-refractivity contribution in [1.29, 1.82) is 0 Å². The van der Waals surface area contributed by atoms with E-state index in [-0.39, 0.29) is 25.7 Å². The highest BCUT2D eigenvalue weighted by Crippen LogP contribution is 2.45. The molecule has 0 radical (unpaired) electrons. The van der Waals surface area contributed by atoms with E-state index >= 15 is 0 Å². The summed E-state index contributed by atoms with van der Waals surface area (Å²) in [7, 11) is -9.92. The minimum Gasteiger partial charge on any atom is -0.462 e. The van der Waals surface area contributed by atoms with Crippen molar-refractivity contribution in [3.05, 3.63) is 0 Å². The first kappa shape index (κ1) is 98.1. The Labute approximate surface area is 613 Å². The van der Waals surface area contributed by atoms with Gasteiger partial charge in [0.05, 0.1) is 26.4 Å². The summed E-state index contributed by atoms with van der Waals surface area (Å²) in [5.41, 5.74) is 0. The van der Waals surface area contributed by atoms with Crippen molar-refractivity contribution in [3.63, 3.8) is 0 Å². The second kappa shape index (κ2) is 70.1. The van der Waals surface area contributed by atoms with Gasteiger partial charge in [-0.2, -0.15) is 0 Å². The van der Waals surface area contributed by atoms with Crippen LogP contribution in [0.25, 0.3) is 0 Å². The smallest absolute Gasteiger partial charge is 0.462 e. The molecule has 17 nitrogen and oxygen atoms in total. The molecule has 0 aromatic heterocycles. The van der Waals surface area contributed by atoms with E-state index in [1.165, 1.54) is 212 Å². The third-order valence-electron chi connectivity index (χ3n) is 18.8. The number of carbonyl (C=O) groups is 4. The number of unbranched alkanes of at least 4 members (excludes halogenated alkanes) is 44. The van der Waals surface area contributed by atoms with Gasteiger partial charge in [0.2, 0.25) is 0 Å². The third-order valence-corrected chi connectivity index (χ3v) is 20.7. The van der Waals surface area contributed by atoms with Crippen molar-refractivity contribution < 1.29 is 80.2 Å². The maximum atomic E-state index is 13.1. The number of phosphoric acid groups is 2. The fourth-order valence-corrected chi connectivity index (χ4v) is 14.0. The summed E-state index contributed by atoms with van der Waals surface area (Å²) in [6.07, 6.45) is 57.0. The third kappa shape index (κ3) is 74.3. The number of carbonyl (C=O) groups excluding carboxylic acids is 4. The summed E-state index contributed by atoms with van der Waals surface area (Å²) in [6.45, 7) is 14.2. The Morgan fingerprint density at radius 2 is 0.420 bits per heavy atom. The van der Waals surface area contributed by atoms with Crippen LogP contribution < -0.4 is 0 Å². The first-order valence-corrected chi connectivity index (χ1v) is 44.7. The average Bonchev–Trinajstić information content (AvgIpc) is 1.17. The number of ether oxygens (including phenoxy) is 4. The Kier molecular flexibility index (Phi) is 68.7. The maximum Gasteiger partial charge on any atom is 0.472 e. The van der Waals surface area contributed by atoms with Crippen molar-refractivity contribution >= 4 is 39.5 Å². The molecule has 0 saturated heterocycles. The minimum atomic E-state index is -4.96. The Morgan fingerprint density at radius 3 is 0.620 bits per heavy atom. The topological polar surface area (TPSA) is 237 Å². The van der Waals surface area contributed by atoms with Crippen molar-refractivity contribution in [2.75, 3.05) is 39.6 Å². The predicted octanol–water partition coefficient (Wildman–Crippen LogP) is 24.0. The van der Waals surface area contributed by atoms with Gasteiger partial charge in [-0.3, -0.25) is 37.3 Å². The van der Waals surface area contributed by atoms with Gasteiger partial charge in [0.25, 0.3) is 0 Å². The van der Waals surface area contributed by atoms with Gasteiger partial charge in [-0.15, -0.1) is 0 Å². The molecule has 0 aliphatic carbocycles. The van der Waals surface area contributed by atoms with Crippen LogP contribution in [0.1, 0.15) is 415 Å². The summed E-state index contributed by atoms with van der Waals surface area (Å²) in [6, 6.07) is 0. The molecule has 0 aliphatic rings. The van der Waals surface area contributed by atoms with Crippen LogP contribution in [0.15, 0.2) is 0 Å². The number of aliphatic hydroxyl groups excluding tert-OH is 1. The number of hydrogen-bond acceptors (Lipinski definition) is 15. The summed E-state index contributed by atoms with van der Waals surface area (Å²) >= 11 is 0. The first-order valence-electron chi connectivity index (χ1n) is 41.7. The number of phosphoric ester groups is 2. The summed E-state index contributed by atoms with van der Waals surface area (Å²) in [5.74, 6) is 0.958. The second-order valence-corrected chi connectivity index (χ2v) is 34.0. The number of hydrogen-bond donors (Lipinski definition) is 3. The lowest BCUT2D eigenvalue weighted by atomic mass is 10.0. The minimum absolute atomic E-state index is 0.106. The van der Waals surface area contributed by atoms with Gasteiger partial charge in [-0.25, -0.2) is 9.13 Å². The van der Waals surface area contributed by atoms with Crippen LogP contribution in [0, 0.1) is 23.7 Å². The van der Waals surface area contributed by atoms with Crippen LogP contribution in [0.4, 0.5) is 0 Å². The highest BCUT2D eigenvalue weighted by molar-refractivity contribution is 7.47. The summed E-state index contributed by atoms with van der Waals surface area (Å²) < 4.78 is 68.7. The number of esters is 4. The maximum absolute atomic E-state index is 13.1. The van der Waals surface area contributed by atoms with Crippen LogP contribution in [-0.2, 0) is 65.4 Å². The summed E-state index contributed by atoms with van der Waals surface area (Å²) in [4.78, 5) is 73.0. The van der Waals surface area contributed by atoms with E-state index in [0.717, 1.165) is 114 Å². The van der Waals surface area contributed by atoms with Crippen LogP contribution >= 0.6 is 15.6 Å². The number of aliphatic hydroxyl groups is 1. The molecule has 0 bridgehead atoms. The van der Waals surface area contributed by atoms with Gasteiger partial charge in [0, 0.05) is 25.7 Å². The predicted molar refractivity (Wildman–Crippen MR) is 409 cm³/mol.